The topological polar surface area (TPSA) is 38.7 Å². The minimum atomic E-state index is -1.40. The lowest BCUT2D eigenvalue weighted by Gasteiger charge is -2.42. The molecule has 4 fully saturated rings. The van der Waals surface area contributed by atoms with Gasteiger partial charge in [-0.05, 0) is 132 Å². The molecule has 36 heavy (non-hydrogen) atoms. The zero-order chi connectivity index (χ0) is 25.7. The fourth-order valence-electron chi connectivity index (χ4n) is 8.37. The molecule has 0 bridgehead atoms. The SMILES string of the molecule is CCOC1CCC(C2CCC(C(O)CCC3CCC(C4CCC(OC)CC4)C(F)C3F)CC2)C(F)C1. The molecule has 4 aliphatic carbocycles. The quantitative estimate of drug-likeness (QED) is 0.347. The van der Waals surface area contributed by atoms with Crippen molar-refractivity contribution in [3.63, 3.8) is 0 Å². The summed E-state index contributed by atoms with van der Waals surface area (Å²) in [6, 6.07) is 0. The van der Waals surface area contributed by atoms with Crippen molar-refractivity contribution >= 4 is 0 Å². The van der Waals surface area contributed by atoms with Gasteiger partial charge in [0.2, 0.25) is 0 Å². The molecular formula is C30H51F3O3. The summed E-state index contributed by atoms with van der Waals surface area (Å²) in [5.74, 6) is 0.605. The smallest absolute Gasteiger partial charge is 0.134 e. The average molecular weight is 517 g/mol. The zero-order valence-electron chi connectivity index (χ0n) is 22.6. The minimum Gasteiger partial charge on any atom is -0.393 e. The molecule has 210 valence electrons. The van der Waals surface area contributed by atoms with Gasteiger partial charge in [-0.25, -0.2) is 13.2 Å². The van der Waals surface area contributed by atoms with E-state index < -0.39 is 24.6 Å². The molecule has 0 aromatic carbocycles. The average Bonchev–Trinajstić information content (AvgIpc) is 2.90. The number of aliphatic hydroxyl groups excluding tert-OH is 1. The Hall–Kier alpha value is -0.330. The van der Waals surface area contributed by atoms with Crippen LogP contribution in [0.2, 0.25) is 0 Å². The second-order valence-electron chi connectivity index (χ2n) is 12.6. The van der Waals surface area contributed by atoms with Crippen LogP contribution in [0, 0.1) is 35.5 Å². The maximum atomic E-state index is 15.1. The summed E-state index contributed by atoms with van der Waals surface area (Å²) in [7, 11) is 1.74. The van der Waals surface area contributed by atoms with Gasteiger partial charge in [-0.2, -0.15) is 0 Å². The second-order valence-corrected chi connectivity index (χ2v) is 12.6. The van der Waals surface area contributed by atoms with Gasteiger partial charge in [-0.1, -0.05) is 0 Å². The highest BCUT2D eigenvalue weighted by molar-refractivity contribution is 4.93. The Morgan fingerprint density at radius 2 is 1.36 bits per heavy atom. The van der Waals surface area contributed by atoms with E-state index in [0.717, 1.165) is 77.0 Å². The lowest BCUT2D eigenvalue weighted by Crippen LogP contribution is -2.43. The number of alkyl halides is 3. The molecule has 0 aliphatic heterocycles. The maximum Gasteiger partial charge on any atom is 0.134 e. The Morgan fingerprint density at radius 1 is 0.750 bits per heavy atom. The van der Waals surface area contributed by atoms with Crippen molar-refractivity contribution in [2.24, 2.45) is 35.5 Å². The second kappa shape index (κ2) is 13.6. The third-order valence-corrected chi connectivity index (χ3v) is 10.7. The van der Waals surface area contributed by atoms with E-state index in [4.69, 9.17) is 9.47 Å². The molecule has 8 atom stereocenters. The Balaban J connectivity index is 1.16. The summed E-state index contributed by atoms with van der Waals surface area (Å²) in [5.41, 5.74) is 0. The van der Waals surface area contributed by atoms with Crippen molar-refractivity contribution in [1.29, 1.82) is 0 Å². The number of methoxy groups -OCH3 is 1. The predicted molar refractivity (Wildman–Crippen MR) is 137 cm³/mol. The highest BCUT2D eigenvalue weighted by atomic mass is 19.2. The van der Waals surface area contributed by atoms with Crippen LogP contribution in [0.4, 0.5) is 13.2 Å². The third kappa shape index (κ3) is 7.00. The van der Waals surface area contributed by atoms with Crippen LogP contribution >= 0.6 is 0 Å². The Kier molecular flexibility index (Phi) is 10.9. The molecule has 0 radical (unpaired) electrons. The lowest BCUT2D eigenvalue weighted by atomic mass is 9.67. The van der Waals surface area contributed by atoms with Gasteiger partial charge >= 0.3 is 0 Å². The lowest BCUT2D eigenvalue weighted by molar-refractivity contribution is -0.0350. The Bertz CT molecular complexity index is 635. The predicted octanol–water partition coefficient (Wildman–Crippen LogP) is 7.38. The molecule has 4 rings (SSSR count). The molecule has 8 unspecified atom stereocenters. The van der Waals surface area contributed by atoms with E-state index in [1.807, 2.05) is 6.92 Å². The summed E-state index contributed by atoms with van der Waals surface area (Å²) in [5, 5.41) is 10.9. The first-order valence-electron chi connectivity index (χ1n) is 15.2. The number of rotatable bonds is 9. The molecule has 4 aliphatic rings. The van der Waals surface area contributed by atoms with Gasteiger partial charge in [0.1, 0.15) is 18.5 Å². The fraction of sp³-hybridized carbons (Fsp3) is 1.00. The first kappa shape index (κ1) is 28.7. The van der Waals surface area contributed by atoms with Crippen LogP contribution < -0.4 is 0 Å². The standard InChI is InChI=1S/C30H51F3O3/c1-3-36-24-14-16-25(27(31)18-24)19-4-6-21(7-5-19)28(34)17-11-22-10-15-26(30(33)29(22)32)20-8-12-23(35-2)13-9-20/h19-30,34H,3-18H2,1-2H3. The number of ether oxygens (including phenoxy) is 2. The molecular weight excluding hydrogens is 465 g/mol. The molecule has 0 aromatic rings. The molecule has 4 saturated carbocycles. The molecule has 3 nitrogen and oxygen atoms in total. The van der Waals surface area contributed by atoms with Gasteiger partial charge in [-0.15, -0.1) is 0 Å². The zero-order valence-corrected chi connectivity index (χ0v) is 22.6. The number of halogens is 3. The summed E-state index contributed by atoms with van der Waals surface area (Å²) < 4.78 is 56.2. The summed E-state index contributed by atoms with van der Waals surface area (Å²) in [6.45, 7) is 2.62. The van der Waals surface area contributed by atoms with E-state index in [1.165, 1.54) is 0 Å². The molecule has 0 aromatic heterocycles. The minimum absolute atomic E-state index is 0.0726. The largest absolute Gasteiger partial charge is 0.393 e. The molecule has 1 N–H and O–H groups in total. The monoisotopic (exact) mass is 516 g/mol. The van der Waals surface area contributed by atoms with Crippen LogP contribution in [0.3, 0.4) is 0 Å². The van der Waals surface area contributed by atoms with Crippen LogP contribution in [0.1, 0.15) is 103 Å². The number of hydrogen-bond acceptors (Lipinski definition) is 3. The van der Waals surface area contributed by atoms with Gasteiger partial charge < -0.3 is 14.6 Å². The fourth-order valence-corrected chi connectivity index (χ4v) is 8.37. The molecule has 0 saturated heterocycles. The molecule has 6 heteroatoms. The van der Waals surface area contributed by atoms with Gasteiger partial charge in [0.05, 0.1) is 18.3 Å². The molecule has 0 heterocycles. The van der Waals surface area contributed by atoms with Gasteiger partial charge in [-0.3, -0.25) is 0 Å². The van der Waals surface area contributed by atoms with Crippen molar-refractivity contribution in [1.82, 2.24) is 0 Å². The Labute approximate surface area is 217 Å². The van der Waals surface area contributed by atoms with Crippen LogP contribution in [0.15, 0.2) is 0 Å². The van der Waals surface area contributed by atoms with Crippen LogP contribution in [-0.4, -0.2) is 55.7 Å². The van der Waals surface area contributed by atoms with Crippen molar-refractivity contribution in [2.45, 2.75) is 140 Å². The first-order valence-corrected chi connectivity index (χ1v) is 15.2. The van der Waals surface area contributed by atoms with E-state index >= 15 is 8.78 Å². The van der Waals surface area contributed by atoms with Crippen LogP contribution in [-0.2, 0) is 9.47 Å². The Morgan fingerprint density at radius 3 is 2.00 bits per heavy atom. The van der Waals surface area contributed by atoms with E-state index in [-0.39, 0.29) is 41.8 Å². The number of hydrogen-bond donors (Lipinski definition) is 1. The van der Waals surface area contributed by atoms with Crippen molar-refractivity contribution in [3.05, 3.63) is 0 Å². The number of aliphatic hydroxyl groups is 1. The van der Waals surface area contributed by atoms with Gasteiger partial charge in [0, 0.05) is 20.1 Å². The van der Waals surface area contributed by atoms with E-state index in [9.17, 15) is 9.50 Å². The van der Waals surface area contributed by atoms with Gasteiger partial charge in [0.15, 0.2) is 0 Å². The first-order chi connectivity index (χ1) is 17.4. The third-order valence-electron chi connectivity index (χ3n) is 10.7. The highest BCUT2D eigenvalue weighted by Gasteiger charge is 2.44. The van der Waals surface area contributed by atoms with Crippen LogP contribution in [0.5, 0.6) is 0 Å². The summed E-state index contributed by atoms with van der Waals surface area (Å²) in [4.78, 5) is 0. The summed E-state index contributed by atoms with van der Waals surface area (Å²) >= 11 is 0. The molecule has 0 amide bonds. The van der Waals surface area contributed by atoms with E-state index in [0.29, 0.717) is 31.8 Å². The van der Waals surface area contributed by atoms with E-state index in [2.05, 4.69) is 0 Å². The van der Waals surface area contributed by atoms with Gasteiger partial charge in [0.25, 0.3) is 0 Å². The highest BCUT2D eigenvalue weighted by Crippen LogP contribution is 2.46. The van der Waals surface area contributed by atoms with Crippen molar-refractivity contribution in [3.8, 4) is 0 Å². The summed E-state index contributed by atoms with van der Waals surface area (Å²) in [6.07, 6.45) is 8.97. The normalized spacial score (nSPS) is 45.3. The van der Waals surface area contributed by atoms with Crippen molar-refractivity contribution < 1.29 is 27.8 Å². The van der Waals surface area contributed by atoms with Crippen LogP contribution in [0.25, 0.3) is 0 Å². The van der Waals surface area contributed by atoms with E-state index in [1.54, 1.807) is 7.11 Å². The maximum absolute atomic E-state index is 15.1. The van der Waals surface area contributed by atoms with Crippen molar-refractivity contribution in [2.75, 3.05) is 13.7 Å². The molecule has 0 spiro atoms.